The summed E-state index contributed by atoms with van der Waals surface area (Å²) in [7, 11) is 3.19. The second-order valence-electron chi connectivity index (χ2n) is 5.84. The van der Waals surface area contributed by atoms with Crippen LogP contribution in [0.15, 0.2) is 48.5 Å². The van der Waals surface area contributed by atoms with E-state index < -0.39 is 11.9 Å². The Balaban J connectivity index is 1.92. The summed E-state index contributed by atoms with van der Waals surface area (Å²) < 4.78 is 18.4. The highest BCUT2D eigenvalue weighted by atomic mass is 19.1. The number of methoxy groups -OCH3 is 1. The number of hydrogen-bond donors (Lipinski definition) is 2. The number of rotatable bonds is 7. The number of carbonyl (C=O) groups excluding carboxylic acids is 2. The molecule has 0 unspecified atom stereocenters. The summed E-state index contributed by atoms with van der Waals surface area (Å²) >= 11 is 0. The number of likely N-dealkylation sites (N-methyl/N-ethyl adjacent to an activating group) is 1. The molecule has 2 N–H and O–H groups in total. The van der Waals surface area contributed by atoms with Crippen molar-refractivity contribution in [3.05, 3.63) is 54.3 Å². The highest BCUT2D eigenvalue weighted by molar-refractivity contribution is 5.97. The predicted octanol–water partition coefficient (Wildman–Crippen LogP) is 2.73. The number of hydrogen-bond acceptors (Lipinski definition) is 4. The first kappa shape index (κ1) is 19.4. The molecule has 1 atom stereocenters. The van der Waals surface area contributed by atoms with Crippen LogP contribution in [0.5, 0.6) is 5.75 Å². The summed E-state index contributed by atoms with van der Waals surface area (Å²) in [4.78, 5) is 26.1. The first-order valence-electron chi connectivity index (χ1n) is 8.10. The van der Waals surface area contributed by atoms with Crippen LogP contribution in [-0.4, -0.2) is 43.5 Å². The fourth-order valence-corrected chi connectivity index (χ4v) is 2.32. The van der Waals surface area contributed by atoms with Crippen molar-refractivity contribution in [2.24, 2.45) is 0 Å². The van der Waals surface area contributed by atoms with Gasteiger partial charge in [-0.1, -0.05) is 18.2 Å². The van der Waals surface area contributed by atoms with Crippen LogP contribution in [0.3, 0.4) is 0 Å². The maximum Gasteiger partial charge on any atom is 0.241 e. The number of nitrogens with zero attached hydrogens (tertiary/aromatic N) is 1. The summed E-state index contributed by atoms with van der Waals surface area (Å²) in [5.74, 6) is -0.481. The maximum atomic E-state index is 13.2. The Morgan fingerprint density at radius 2 is 1.88 bits per heavy atom. The van der Waals surface area contributed by atoms with E-state index in [4.69, 9.17) is 4.74 Å². The zero-order valence-corrected chi connectivity index (χ0v) is 15.0. The second kappa shape index (κ2) is 8.96. The van der Waals surface area contributed by atoms with Gasteiger partial charge in [-0.25, -0.2) is 4.39 Å². The number of carbonyl (C=O) groups is 2. The molecular formula is C19H22FN3O3. The average molecular weight is 359 g/mol. The zero-order valence-electron chi connectivity index (χ0n) is 15.0. The van der Waals surface area contributed by atoms with E-state index in [0.717, 1.165) is 0 Å². The summed E-state index contributed by atoms with van der Waals surface area (Å²) in [6.07, 6.45) is 0. The van der Waals surface area contributed by atoms with E-state index in [1.165, 1.54) is 25.3 Å². The van der Waals surface area contributed by atoms with Crippen LogP contribution in [0.2, 0.25) is 0 Å². The number of anilines is 2. The molecule has 0 bridgehead atoms. The van der Waals surface area contributed by atoms with Gasteiger partial charge >= 0.3 is 0 Å². The SMILES string of the molecule is COc1ccccc1NC(=O)[C@@H](C)N(C)CC(=O)Nc1cccc(F)c1. The molecule has 0 spiro atoms. The Labute approximate surface area is 152 Å². The number of benzene rings is 2. The summed E-state index contributed by atoms with van der Waals surface area (Å²) in [6.45, 7) is 1.68. The van der Waals surface area contributed by atoms with Crippen LogP contribution in [0.25, 0.3) is 0 Å². The molecule has 0 aliphatic heterocycles. The molecule has 2 aromatic carbocycles. The molecule has 2 amide bonds. The molecule has 0 aliphatic carbocycles. The van der Waals surface area contributed by atoms with Gasteiger partial charge in [-0.3, -0.25) is 14.5 Å². The number of ether oxygens (including phenoxy) is 1. The molecule has 0 saturated heterocycles. The second-order valence-corrected chi connectivity index (χ2v) is 5.84. The van der Waals surface area contributed by atoms with Crippen molar-refractivity contribution in [1.82, 2.24) is 4.90 Å². The molecule has 138 valence electrons. The van der Waals surface area contributed by atoms with Crippen LogP contribution in [0.4, 0.5) is 15.8 Å². The van der Waals surface area contributed by atoms with E-state index in [9.17, 15) is 14.0 Å². The lowest BCUT2D eigenvalue weighted by Gasteiger charge is -2.23. The molecule has 2 aromatic rings. The van der Waals surface area contributed by atoms with Crippen molar-refractivity contribution in [3.63, 3.8) is 0 Å². The van der Waals surface area contributed by atoms with E-state index in [0.29, 0.717) is 17.1 Å². The first-order chi connectivity index (χ1) is 12.4. The van der Waals surface area contributed by atoms with Gasteiger partial charge in [-0.15, -0.1) is 0 Å². The smallest absolute Gasteiger partial charge is 0.241 e. The lowest BCUT2D eigenvalue weighted by molar-refractivity contribution is -0.122. The summed E-state index contributed by atoms with van der Waals surface area (Å²) in [5, 5.41) is 5.39. The van der Waals surface area contributed by atoms with E-state index in [-0.39, 0.29) is 18.4 Å². The van der Waals surface area contributed by atoms with Crippen molar-refractivity contribution in [3.8, 4) is 5.75 Å². The summed E-state index contributed by atoms with van der Waals surface area (Å²) in [6, 6.07) is 12.2. The van der Waals surface area contributed by atoms with E-state index in [2.05, 4.69) is 10.6 Å². The highest BCUT2D eigenvalue weighted by Crippen LogP contribution is 2.23. The molecule has 0 aliphatic rings. The molecule has 0 saturated carbocycles. The number of nitrogens with one attached hydrogen (secondary N) is 2. The van der Waals surface area contributed by atoms with Gasteiger partial charge in [0.05, 0.1) is 25.4 Å². The quantitative estimate of drug-likeness (QED) is 0.797. The minimum absolute atomic E-state index is 0.0168. The van der Waals surface area contributed by atoms with Crippen molar-refractivity contribution in [2.45, 2.75) is 13.0 Å². The fourth-order valence-electron chi connectivity index (χ4n) is 2.32. The Kier molecular flexibility index (Phi) is 6.68. The van der Waals surface area contributed by atoms with Gasteiger partial charge in [0.25, 0.3) is 0 Å². The van der Waals surface area contributed by atoms with E-state index in [1.807, 2.05) is 0 Å². The van der Waals surface area contributed by atoms with E-state index >= 15 is 0 Å². The summed E-state index contributed by atoms with van der Waals surface area (Å²) in [5.41, 5.74) is 0.930. The minimum Gasteiger partial charge on any atom is -0.495 e. The Bertz CT molecular complexity index is 782. The maximum absolute atomic E-state index is 13.2. The molecule has 0 radical (unpaired) electrons. The number of amides is 2. The number of halogens is 1. The third kappa shape index (κ3) is 5.29. The highest BCUT2D eigenvalue weighted by Gasteiger charge is 2.21. The van der Waals surface area contributed by atoms with E-state index in [1.54, 1.807) is 49.2 Å². The van der Waals surface area contributed by atoms with Gasteiger partial charge in [-0.2, -0.15) is 0 Å². The van der Waals surface area contributed by atoms with Crippen molar-refractivity contribution < 1.29 is 18.7 Å². The van der Waals surface area contributed by atoms with Gasteiger partial charge < -0.3 is 15.4 Å². The van der Waals surface area contributed by atoms with Crippen molar-refractivity contribution in [2.75, 3.05) is 31.3 Å². The normalized spacial score (nSPS) is 11.7. The third-order valence-electron chi connectivity index (χ3n) is 3.91. The molecular weight excluding hydrogens is 337 g/mol. The fraction of sp³-hybridized carbons (Fsp3) is 0.263. The van der Waals surface area contributed by atoms with Crippen molar-refractivity contribution in [1.29, 1.82) is 0 Å². The number of para-hydroxylation sites is 2. The molecule has 0 aromatic heterocycles. The Hall–Kier alpha value is -2.93. The Morgan fingerprint density at radius 1 is 1.15 bits per heavy atom. The molecule has 6 nitrogen and oxygen atoms in total. The molecule has 0 fully saturated rings. The molecule has 26 heavy (non-hydrogen) atoms. The zero-order chi connectivity index (χ0) is 19.1. The average Bonchev–Trinajstić information content (AvgIpc) is 2.61. The largest absolute Gasteiger partial charge is 0.495 e. The van der Waals surface area contributed by atoms with Crippen molar-refractivity contribution >= 4 is 23.2 Å². The van der Waals surface area contributed by atoms with Crippen LogP contribution < -0.4 is 15.4 Å². The monoisotopic (exact) mass is 359 g/mol. The molecule has 0 heterocycles. The van der Waals surface area contributed by atoms with Gasteiger partial charge in [0.2, 0.25) is 11.8 Å². The van der Waals surface area contributed by atoms with Gasteiger partial charge in [-0.05, 0) is 44.3 Å². The first-order valence-corrected chi connectivity index (χ1v) is 8.10. The standard InChI is InChI=1S/C19H22FN3O3/c1-13(19(25)22-16-9-4-5-10-17(16)26-3)23(2)12-18(24)21-15-8-6-7-14(20)11-15/h4-11,13H,12H2,1-3H3,(H,21,24)(H,22,25)/t13-/m1/s1. The predicted molar refractivity (Wildman–Crippen MR) is 98.7 cm³/mol. The van der Waals surface area contributed by atoms with Crippen LogP contribution in [0, 0.1) is 5.82 Å². The topological polar surface area (TPSA) is 70.7 Å². The van der Waals surface area contributed by atoms with Crippen LogP contribution in [-0.2, 0) is 9.59 Å². The van der Waals surface area contributed by atoms with Gasteiger partial charge in [0.1, 0.15) is 11.6 Å². The third-order valence-corrected chi connectivity index (χ3v) is 3.91. The minimum atomic E-state index is -0.557. The lowest BCUT2D eigenvalue weighted by atomic mass is 10.2. The molecule has 7 heteroatoms. The van der Waals surface area contributed by atoms with Gasteiger partial charge in [0, 0.05) is 5.69 Å². The Morgan fingerprint density at radius 3 is 2.58 bits per heavy atom. The van der Waals surface area contributed by atoms with Crippen LogP contribution in [0.1, 0.15) is 6.92 Å². The lowest BCUT2D eigenvalue weighted by Crippen LogP contribution is -2.43. The van der Waals surface area contributed by atoms with Crippen LogP contribution >= 0.6 is 0 Å². The molecule has 2 rings (SSSR count). The van der Waals surface area contributed by atoms with Gasteiger partial charge in [0.15, 0.2) is 0 Å².